The molecule has 36 heavy (non-hydrogen) atoms. The highest BCUT2D eigenvalue weighted by molar-refractivity contribution is 7.22. The van der Waals surface area contributed by atoms with Gasteiger partial charge in [-0.3, -0.25) is 4.79 Å². The molecule has 5 rings (SSSR count). The van der Waals surface area contributed by atoms with E-state index < -0.39 is 23.6 Å². The molecular weight excluding hydrogens is 493 g/mol. The van der Waals surface area contributed by atoms with Gasteiger partial charge in [0.1, 0.15) is 17.5 Å². The van der Waals surface area contributed by atoms with E-state index in [0.29, 0.717) is 11.1 Å². The van der Waals surface area contributed by atoms with E-state index in [1.54, 1.807) is 24.3 Å². The SMILES string of the molecule is O=C(O)O.O=C(c1ccc(-c2ccc(Nc3nc4cc(F)cc(F)c4s3)c(F)c2)cc1)C1CCCC1. The van der Waals surface area contributed by atoms with Crippen molar-refractivity contribution in [3.8, 4) is 11.1 Å². The minimum atomic E-state index is -1.83. The molecule has 1 saturated carbocycles. The molecule has 1 aromatic heterocycles. The van der Waals surface area contributed by atoms with E-state index in [2.05, 4.69) is 10.3 Å². The second kappa shape index (κ2) is 10.8. The van der Waals surface area contributed by atoms with Crippen LogP contribution in [-0.2, 0) is 0 Å². The van der Waals surface area contributed by atoms with E-state index in [9.17, 15) is 18.0 Å². The Hall–Kier alpha value is -3.92. The molecule has 3 N–H and O–H groups in total. The van der Waals surface area contributed by atoms with Crippen molar-refractivity contribution < 1.29 is 33.0 Å². The Morgan fingerprint density at radius 3 is 2.17 bits per heavy atom. The first-order valence-electron chi connectivity index (χ1n) is 11.1. The highest BCUT2D eigenvalue weighted by Crippen LogP contribution is 2.33. The molecule has 1 heterocycles. The number of benzene rings is 3. The summed E-state index contributed by atoms with van der Waals surface area (Å²) in [5.74, 6) is -1.60. The molecular formula is C26H21F3N2O4S. The van der Waals surface area contributed by atoms with E-state index in [1.165, 1.54) is 6.07 Å². The molecule has 0 unspecified atom stereocenters. The summed E-state index contributed by atoms with van der Waals surface area (Å²) >= 11 is 0.989. The van der Waals surface area contributed by atoms with Crippen LogP contribution in [-0.4, -0.2) is 27.1 Å². The average Bonchev–Trinajstić information content (AvgIpc) is 3.50. The van der Waals surface area contributed by atoms with E-state index in [4.69, 9.17) is 15.0 Å². The van der Waals surface area contributed by atoms with Crippen LogP contribution in [0.4, 0.5) is 28.8 Å². The van der Waals surface area contributed by atoms with Gasteiger partial charge >= 0.3 is 6.16 Å². The van der Waals surface area contributed by atoms with Crippen molar-refractivity contribution in [2.45, 2.75) is 25.7 Å². The standard InChI is InChI=1S/C25H19F3N2OS.CH2O3/c26-18-12-20(28)24-22(13-18)30-25(32-24)29-21-10-9-17(11-19(21)27)14-5-7-16(8-6-14)23(31)15-3-1-2-4-15;2-1(3)4/h5-13,15H,1-4H2,(H,29,30);(H2,2,3,4). The first-order valence-corrected chi connectivity index (χ1v) is 11.9. The highest BCUT2D eigenvalue weighted by atomic mass is 32.1. The highest BCUT2D eigenvalue weighted by Gasteiger charge is 2.23. The Kier molecular flexibility index (Phi) is 7.54. The van der Waals surface area contributed by atoms with Crippen LogP contribution in [0.5, 0.6) is 0 Å². The summed E-state index contributed by atoms with van der Waals surface area (Å²) in [6, 6.07) is 13.9. The number of hydrogen-bond acceptors (Lipinski definition) is 5. The Labute approximate surface area is 208 Å². The smallest absolute Gasteiger partial charge is 0.450 e. The zero-order valence-electron chi connectivity index (χ0n) is 18.8. The third-order valence-electron chi connectivity index (χ3n) is 5.85. The largest absolute Gasteiger partial charge is 0.503 e. The maximum absolute atomic E-state index is 14.8. The van der Waals surface area contributed by atoms with Crippen molar-refractivity contribution in [2.75, 3.05) is 5.32 Å². The molecule has 4 aromatic rings. The number of Topliss-reactive ketones (excluding diaryl/α,β-unsaturated/α-hetero) is 1. The van der Waals surface area contributed by atoms with Gasteiger partial charge in [-0.05, 0) is 36.1 Å². The van der Waals surface area contributed by atoms with Crippen LogP contribution in [0.3, 0.4) is 0 Å². The number of carbonyl (C=O) groups is 2. The van der Waals surface area contributed by atoms with Crippen LogP contribution in [0.25, 0.3) is 21.3 Å². The number of hydrogen-bond donors (Lipinski definition) is 3. The van der Waals surface area contributed by atoms with Gasteiger partial charge in [-0.2, -0.15) is 0 Å². The lowest BCUT2D eigenvalue weighted by atomic mass is 9.94. The van der Waals surface area contributed by atoms with E-state index in [0.717, 1.165) is 54.7 Å². The lowest BCUT2D eigenvalue weighted by Gasteiger charge is -2.10. The van der Waals surface area contributed by atoms with Crippen molar-refractivity contribution in [2.24, 2.45) is 5.92 Å². The maximum Gasteiger partial charge on any atom is 0.503 e. The number of ketones is 1. The molecule has 0 saturated heterocycles. The topological polar surface area (TPSA) is 99.5 Å². The van der Waals surface area contributed by atoms with Crippen LogP contribution < -0.4 is 5.32 Å². The minimum absolute atomic E-state index is 0.121. The van der Waals surface area contributed by atoms with Gasteiger partial charge in [-0.25, -0.2) is 22.9 Å². The van der Waals surface area contributed by atoms with Crippen molar-refractivity contribution in [1.29, 1.82) is 0 Å². The fourth-order valence-electron chi connectivity index (χ4n) is 4.18. The van der Waals surface area contributed by atoms with Gasteiger partial charge in [0.25, 0.3) is 0 Å². The zero-order chi connectivity index (χ0) is 25.8. The number of halogens is 3. The Morgan fingerprint density at radius 1 is 0.889 bits per heavy atom. The average molecular weight is 515 g/mol. The lowest BCUT2D eigenvalue weighted by Crippen LogP contribution is -2.10. The molecule has 10 heteroatoms. The third kappa shape index (κ3) is 5.83. The van der Waals surface area contributed by atoms with Gasteiger partial charge in [0.2, 0.25) is 0 Å². The number of rotatable bonds is 5. The molecule has 6 nitrogen and oxygen atoms in total. The Morgan fingerprint density at radius 2 is 1.53 bits per heavy atom. The van der Waals surface area contributed by atoms with Crippen molar-refractivity contribution in [3.63, 3.8) is 0 Å². The predicted molar refractivity (Wildman–Crippen MR) is 132 cm³/mol. The van der Waals surface area contributed by atoms with Gasteiger partial charge in [-0.1, -0.05) is 54.5 Å². The molecule has 0 spiro atoms. The van der Waals surface area contributed by atoms with Gasteiger partial charge in [0.15, 0.2) is 10.9 Å². The number of nitrogens with zero attached hydrogens (tertiary/aromatic N) is 1. The number of carboxylic acid groups (broad SMARTS) is 2. The summed E-state index contributed by atoms with van der Waals surface area (Å²) in [5, 5.41) is 17.1. The Bertz CT molecular complexity index is 1410. The lowest BCUT2D eigenvalue weighted by molar-refractivity contribution is 0.0922. The minimum Gasteiger partial charge on any atom is -0.450 e. The maximum atomic E-state index is 14.8. The molecule has 0 amide bonds. The summed E-state index contributed by atoms with van der Waals surface area (Å²) in [7, 11) is 0. The van der Waals surface area contributed by atoms with Crippen LogP contribution in [0.2, 0.25) is 0 Å². The van der Waals surface area contributed by atoms with E-state index in [1.807, 2.05) is 12.1 Å². The summed E-state index contributed by atoms with van der Waals surface area (Å²) in [6.45, 7) is 0. The van der Waals surface area contributed by atoms with E-state index >= 15 is 0 Å². The molecule has 3 aromatic carbocycles. The number of carbonyl (C=O) groups excluding carboxylic acids is 1. The normalized spacial score (nSPS) is 13.3. The molecule has 186 valence electrons. The van der Waals surface area contributed by atoms with Gasteiger partial charge < -0.3 is 15.5 Å². The van der Waals surface area contributed by atoms with Crippen LogP contribution >= 0.6 is 11.3 Å². The quantitative estimate of drug-likeness (QED) is 0.236. The summed E-state index contributed by atoms with van der Waals surface area (Å²) in [6.07, 6.45) is 2.29. The van der Waals surface area contributed by atoms with Gasteiger partial charge in [0.05, 0.1) is 15.9 Å². The Balaban J connectivity index is 0.000000709. The summed E-state index contributed by atoms with van der Waals surface area (Å²) in [5.41, 5.74) is 2.53. The number of fused-ring (bicyclic) bond motifs is 1. The first kappa shape index (κ1) is 25.2. The van der Waals surface area contributed by atoms with Crippen molar-refractivity contribution in [3.05, 3.63) is 77.6 Å². The summed E-state index contributed by atoms with van der Waals surface area (Å²) in [4.78, 5) is 25.2. The van der Waals surface area contributed by atoms with Crippen LogP contribution in [0.1, 0.15) is 36.0 Å². The molecule has 0 atom stereocenters. The van der Waals surface area contributed by atoms with Crippen molar-refractivity contribution >= 4 is 44.3 Å². The first-order chi connectivity index (χ1) is 17.2. The number of aromatic nitrogens is 1. The van der Waals surface area contributed by atoms with Crippen LogP contribution in [0, 0.1) is 23.4 Å². The molecule has 0 radical (unpaired) electrons. The van der Waals surface area contributed by atoms with Gasteiger partial charge in [0, 0.05) is 23.6 Å². The monoisotopic (exact) mass is 514 g/mol. The fourth-order valence-corrected chi connectivity index (χ4v) is 5.04. The molecule has 1 aliphatic carbocycles. The van der Waals surface area contributed by atoms with Gasteiger partial charge in [-0.15, -0.1) is 0 Å². The molecule has 1 fully saturated rings. The molecule has 0 bridgehead atoms. The van der Waals surface area contributed by atoms with Crippen molar-refractivity contribution in [1.82, 2.24) is 4.98 Å². The second-order valence-electron chi connectivity index (χ2n) is 8.28. The van der Waals surface area contributed by atoms with Crippen LogP contribution in [0.15, 0.2) is 54.6 Å². The summed E-state index contributed by atoms with van der Waals surface area (Å²) < 4.78 is 42.2. The molecule has 1 aliphatic rings. The zero-order valence-corrected chi connectivity index (χ0v) is 19.6. The number of nitrogens with one attached hydrogen (secondary N) is 1. The third-order valence-corrected chi connectivity index (χ3v) is 6.84. The van der Waals surface area contributed by atoms with E-state index in [-0.39, 0.29) is 32.7 Å². The fraction of sp³-hybridized carbons (Fsp3) is 0.192. The number of anilines is 2. The second-order valence-corrected chi connectivity index (χ2v) is 9.28. The molecule has 0 aliphatic heterocycles. The predicted octanol–water partition coefficient (Wildman–Crippen LogP) is 7.72. The number of thiazole rings is 1.